The van der Waals surface area contributed by atoms with Crippen LogP contribution in [0.4, 0.5) is 0 Å². The summed E-state index contributed by atoms with van der Waals surface area (Å²) in [6.45, 7) is 6.62. The van der Waals surface area contributed by atoms with E-state index in [0.29, 0.717) is 25.1 Å². The Kier molecular flexibility index (Phi) is 6.94. The highest BCUT2D eigenvalue weighted by Crippen LogP contribution is 2.25. The number of nitrogens with two attached hydrogens (primary N) is 1. The summed E-state index contributed by atoms with van der Waals surface area (Å²) >= 11 is 0. The highest BCUT2D eigenvalue weighted by atomic mass is 15.3. The van der Waals surface area contributed by atoms with Gasteiger partial charge in [0, 0.05) is 12.6 Å². The molecule has 1 aromatic heterocycles. The lowest BCUT2D eigenvalue weighted by atomic mass is 9.98. The van der Waals surface area contributed by atoms with E-state index in [0.717, 1.165) is 18.7 Å². The Labute approximate surface area is 184 Å². The number of likely N-dealkylation sites (N-methyl/N-ethyl adjacent to an activating group) is 1. The minimum Gasteiger partial charge on any atom is -0.370 e. The number of aliphatic imine (C=N–C) groups is 1. The van der Waals surface area contributed by atoms with Gasteiger partial charge in [0.05, 0.1) is 13.1 Å². The largest absolute Gasteiger partial charge is 0.370 e. The molecule has 0 aliphatic carbocycles. The molecule has 0 saturated carbocycles. The van der Waals surface area contributed by atoms with E-state index >= 15 is 0 Å². The number of guanidine groups is 1. The predicted octanol–water partition coefficient (Wildman–Crippen LogP) is 2.88. The van der Waals surface area contributed by atoms with Gasteiger partial charge in [-0.2, -0.15) is 5.10 Å². The average molecular weight is 418 g/mol. The summed E-state index contributed by atoms with van der Waals surface area (Å²) in [6, 6.07) is 17.5. The predicted molar refractivity (Wildman–Crippen MR) is 125 cm³/mol. The third-order valence-electron chi connectivity index (χ3n) is 5.94. The summed E-state index contributed by atoms with van der Waals surface area (Å²) in [7, 11) is 0. The van der Waals surface area contributed by atoms with Gasteiger partial charge in [-0.1, -0.05) is 55.5 Å². The molecule has 1 saturated heterocycles. The third kappa shape index (κ3) is 5.49. The first kappa shape index (κ1) is 21.1. The number of benzene rings is 2. The van der Waals surface area contributed by atoms with Gasteiger partial charge < -0.3 is 11.1 Å². The van der Waals surface area contributed by atoms with Crippen LogP contribution in [0.3, 0.4) is 0 Å². The van der Waals surface area contributed by atoms with Crippen LogP contribution in [0.15, 0.2) is 66.2 Å². The molecule has 2 heterocycles. The van der Waals surface area contributed by atoms with E-state index in [-0.39, 0.29) is 0 Å². The molecule has 3 aromatic rings. The van der Waals surface area contributed by atoms with E-state index in [9.17, 15) is 0 Å². The van der Waals surface area contributed by atoms with E-state index in [2.05, 4.69) is 80.7 Å². The van der Waals surface area contributed by atoms with Crippen molar-refractivity contribution >= 4 is 5.96 Å². The molecule has 0 spiro atoms. The fourth-order valence-electron chi connectivity index (χ4n) is 4.22. The van der Waals surface area contributed by atoms with Gasteiger partial charge in [0.1, 0.15) is 12.7 Å². The van der Waals surface area contributed by atoms with Crippen molar-refractivity contribution in [2.45, 2.75) is 38.9 Å². The van der Waals surface area contributed by atoms with Crippen molar-refractivity contribution in [3.05, 3.63) is 72.3 Å². The maximum Gasteiger partial charge on any atom is 0.188 e. The Morgan fingerprint density at radius 3 is 2.81 bits per heavy atom. The minimum atomic E-state index is 0.515. The van der Waals surface area contributed by atoms with Crippen LogP contribution >= 0.6 is 0 Å². The number of nitrogens with one attached hydrogen (secondary N) is 1. The molecule has 1 aliphatic heterocycles. The fraction of sp³-hybridized carbons (Fsp3) is 0.375. The summed E-state index contributed by atoms with van der Waals surface area (Å²) in [5.74, 6) is 0.515. The maximum absolute atomic E-state index is 6.17. The molecule has 2 aromatic carbocycles. The van der Waals surface area contributed by atoms with Crippen LogP contribution in [0.2, 0.25) is 0 Å². The Morgan fingerprint density at radius 1 is 1.19 bits per heavy atom. The fourth-order valence-corrected chi connectivity index (χ4v) is 4.22. The average Bonchev–Trinajstić information content (AvgIpc) is 3.49. The number of rotatable bonds is 8. The van der Waals surface area contributed by atoms with Gasteiger partial charge >= 0.3 is 0 Å². The first-order chi connectivity index (χ1) is 15.2. The molecule has 7 heteroatoms. The normalized spacial score (nSPS) is 17.2. The third-order valence-corrected chi connectivity index (χ3v) is 5.94. The highest BCUT2D eigenvalue weighted by molar-refractivity contribution is 5.78. The molecule has 3 N–H and O–H groups in total. The van der Waals surface area contributed by atoms with Crippen molar-refractivity contribution in [3.63, 3.8) is 0 Å². The Bertz CT molecular complexity index is 979. The molecule has 1 atom stereocenters. The topological polar surface area (TPSA) is 84.4 Å². The summed E-state index contributed by atoms with van der Waals surface area (Å²) in [5, 5.41) is 7.49. The first-order valence-electron chi connectivity index (χ1n) is 11.0. The zero-order chi connectivity index (χ0) is 21.5. The molecule has 7 nitrogen and oxygen atoms in total. The van der Waals surface area contributed by atoms with Crippen molar-refractivity contribution in [1.29, 1.82) is 0 Å². The van der Waals surface area contributed by atoms with Gasteiger partial charge in [0.15, 0.2) is 5.96 Å². The molecular weight excluding hydrogens is 386 g/mol. The Balaban J connectivity index is 1.39. The van der Waals surface area contributed by atoms with Crippen LogP contribution in [0.5, 0.6) is 0 Å². The number of likely N-dealkylation sites (tertiary alicyclic amines) is 1. The van der Waals surface area contributed by atoms with Crippen molar-refractivity contribution in [3.8, 4) is 11.1 Å². The lowest BCUT2D eigenvalue weighted by molar-refractivity contribution is 0.267. The van der Waals surface area contributed by atoms with Gasteiger partial charge in [-0.3, -0.25) is 4.90 Å². The highest BCUT2D eigenvalue weighted by Gasteiger charge is 2.22. The quantitative estimate of drug-likeness (QED) is 0.435. The molecule has 4 rings (SSSR count). The van der Waals surface area contributed by atoms with Crippen LogP contribution in [-0.4, -0.2) is 51.3 Å². The second-order valence-electron chi connectivity index (χ2n) is 7.95. The molecule has 31 heavy (non-hydrogen) atoms. The van der Waals surface area contributed by atoms with Gasteiger partial charge in [-0.05, 0) is 48.2 Å². The molecule has 0 amide bonds. The summed E-state index contributed by atoms with van der Waals surface area (Å²) in [5.41, 5.74) is 10.9. The second kappa shape index (κ2) is 10.2. The molecule has 1 unspecified atom stereocenters. The molecule has 1 fully saturated rings. The number of nitrogens with zero attached hydrogens (tertiary/aromatic N) is 5. The summed E-state index contributed by atoms with van der Waals surface area (Å²) in [4.78, 5) is 11.1. The van der Waals surface area contributed by atoms with Crippen LogP contribution in [0, 0.1) is 0 Å². The smallest absolute Gasteiger partial charge is 0.188 e. The number of hydrogen-bond acceptors (Lipinski definition) is 4. The summed E-state index contributed by atoms with van der Waals surface area (Å²) < 4.78 is 1.82. The molecule has 0 radical (unpaired) electrons. The van der Waals surface area contributed by atoms with Gasteiger partial charge in [-0.25, -0.2) is 14.7 Å². The van der Waals surface area contributed by atoms with Crippen molar-refractivity contribution in [2.24, 2.45) is 10.7 Å². The summed E-state index contributed by atoms with van der Waals surface area (Å²) in [6.07, 6.45) is 5.78. The van der Waals surface area contributed by atoms with Crippen LogP contribution < -0.4 is 11.1 Å². The number of hydrogen-bond donors (Lipinski definition) is 2. The van der Waals surface area contributed by atoms with E-state index in [4.69, 9.17) is 5.73 Å². The SMILES string of the molecule is CCN1CCCC1CNC(N)=NCc1ccccc1-c1ccc(Cn2cncn2)cc1. The molecule has 1 aliphatic rings. The zero-order valence-electron chi connectivity index (χ0n) is 18.1. The lowest BCUT2D eigenvalue weighted by Gasteiger charge is -2.23. The lowest BCUT2D eigenvalue weighted by Crippen LogP contribution is -2.42. The first-order valence-corrected chi connectivity index (χ1v) is 11.0. The van der Waals surface area contributed by atoms with E-state index < -0.39 is 0 Å². The van der Waals surface area contributed by atoms with E-state index in [1.165, 1.54) is 36.1 Å². The second-order valence-corrected chi connectivity index (χ2v) is 7.95. The van der Waals surface area contributed by atoms with Crippen molar-refractivity contribution < 1.29 is 0 Å². The monoisotopic (exact) mass is 417 g/mol. The van der Waals surface area contributed by atoms with Crippen molar-refractivity contribution in [2.75, 3.05) is 19.6 Å². The van der Waals surface area contributed by atoms with Crippen LogP contribution in [0.25, 0.3) is 11.1 Å². The van der Waals surface area contributed by atoms with Crippen LogP contribution in [0.1, 0.15) is 30.9 Å². The molecule has 0 bridgehead atoms. The minimum absolute atomic E-state index is 0.515. The Hall–Kier alpha value is -3.19. The number of aromatic nitrogens is 3. The maximum atomic E-state index is 6.17. The van der Waals surface area contributed by atoms with Gasteiger partial charge in [-0.15, -0.1) is 0 Å². The molecule has 162 valence electrons. The van der Waals surface area contributed by atoms with Gasteiger partial charge in [0.2, 0.25) is 0 Å². The van der Waals surface area contributed by atoms with Crippen molar-refractivity contribution in [1.82, 2.24) is 25.0 Å². The van der Waals surface area contributed by atoms with Gasteiger partial charge in [0.25, 0.3) is 0 Å². The van der Waals surface area contributed by atoms with E-state index in [1.54, 1.807) is 12.7 Å². The van der Waals surface area contributed by atoms with E-state index in [1.807, 2.05) is 4.68 Å². The molecular formula is C24H31N7. The standard InChI is InChI=1S/C24H31N7/c1-2-30-13-5-7-22(30)15-28-24(25)27-14-21-6-3-4-8-23(21)20-11-9-19(10-12-20)16-31-18-26-17-29-31/h3-4,6,8-12,17-18,22H,2,5,7,13-16H2,1H3,(H3,25,27,28). The van der Waals surface area contributed by atoms with Crippen LogP contribution in [-0.2, 0) is 13.1 Å². The zero-order valence-corrected chi connectivity index (χ0v) is 18.1. The Morgan fingerprint density at radius 2 is 2.03 bits per heavy atom.